The molecule has 21 heavy (non-hydrogen) atoms. The number of halogens is 1. The summed E-state index contributed by atoms with van der Waals surface area (Å²) in [6.45, 7) is 1.87. The van der Waals surface area contributed by atoms with E-state index < -0.39 is 15.8 Å². The van der Waals surface area contributed by atoms with Gasteiger partial charge in [-0.15, -0.1) is 0 Å². The average Bonchev–Trinajstić information content (AvgIpc) is 2.42. The Labute approximate surface area is 122 Å². The quantitative estimate of drug-likeness (QED) is 0.921. The zero-order chi connectivity index (χ0) is 15.5. The van der Waals surface area contributed by atoms with E-state index in [1.807, 2.05) is 0 Å². The van der Waals surface area contributed by atoms with Crippen LogP contribution in [0.15, 0.2) is 41.3 Å². The summed E-state index contributed by atoms with van der Waals surface area (Å²) in [5.41, 5.74) is 1.05. The number of benzene rings is 1. The van der Waals surface area contributed by atoms with Crippen LogP contribution in [0.5, 0.6) is 0 Å². The van der Waals surface area contributed by atoms with Gasteiger partial charge in [0.05, 0.1) is 17.2 Å². The van der Waals surface area contributed by atoms with Crippen molar-refractivity contribution in [2.45, 2.75) is 18.4 Å². The first kappa shape index (κ1) is 15.4. The van der Waals surface area contributed by atoms with Gasteiger partial charge < -0.3 is 4.74 Å². The summed E-state index contributed by atoms with van der Waals surface area (Å²) in [5, 5.41) is 0. The Bertz CT molecular complexity index is 748. The molecule has 0 aliphatic heterocycles. The lowest BCUT2D eigenvalue weighted by atomic mass is 10.2. The van der Waals surface area contributed by atoms with Crippen LogP contribution in [0.3, 0.4) is 0 Å². The second kappa shape index (κ2) is 6.19. The number of nitrogens with one attached hydrogen (secondary N) is 1. The number of methoxy groups -OCH3 is 1. The zero-order valence-electron chi connectivity index (χ0n) is 11.6. The molecule has 0 amide bonds. The highest BCUT2D eigenvalue weighted by Gasteiger charge is 2.18. The third-order valence-electron chi connectivity index (χ3n) is 2.78. The summed E-state index contributed by atoms with van der Waals surface area (Å²) < 4.78 is 45.1. The van der Waals surface area contributed by atoms with Gasteiger partial charge in [-0.25, -0.2) is 17.8 Å². The molecule has 0 saturated heterocycles. The predicted molar refractivity (Wildman–Crippen MR) is 76.9 cm³/mol. The zero-order valence-corrected chi connectivity index (χ0v) is 12.4. The minimum Gasteiger partial charge on any atom is -0.378 e. The van der Waals surface area contributed by atoms with Crippen LogP contribution >= 0.6 is 0 Å². The summed E-state index contributed by atoms with van der Waals surface area (Å²) in [7, 11) is -2.37. The second-order valence-electron chi connectivity index (χ2n) is 4.46. The lowest BCUT2D eigenvalue weighted by Gasteiger charge is -2.10. The maximum Gasteiger partial charge on any atom is 0.263 e. The Hall–Kier alpha value is -1.99. The molecule has 1 N–H and O–H groups in total. The van der Waals surface area contributed by atoms with E-state index in [0.717, 1.165) is 6.07 Å². The number of rotatable bonds is 5. The monoisotopic (exact) mass is 310 g/mol. The molecule has 0 unspecified atom stereocenters. The lowest BCUT2D eigenvalue weighted by Crippen LogP contribution is -2.15. The van der Waals surface area contributed by atoms with Crippen molar-refractivity contribution in [2.24, 2.45) is 0 Å². The van der Waals surface area contributed by atoms with Gasteiger partial charge in [-0.1, -0.05) is 12.1 Å². The highest BCUT2D eigenvalue weighted by molar-refractivity contribution is 7.92. The largest absolute Gasteiger partial charge is 0.378 e. The van der Waals surface area contributed by atoms with Crippen LogP contribution < -0.4 is 4.72 Å². The van der Waals surface area contributed by atoms with E-state index in [1.165, 1.54) is 25.3 Å². The standard InChI is InChI=1S/C14H15FN2O3S/c1-10-6-7-11(15)8-13(10)21(18,19)17-14-5-3-4-12(16-14)9-20-2/h3-8H,9H2,1-2H3,(H,16,17). The summed E-state index contributed by atoms with van der Waals surface area (Å²) >= 11 is 0. The molecular weight excluding hydrogens is 295 g/mol. The molecule has 0 bridgehead atoms. The van der Waals surface area contributed by atoms with Gasteiger partial charge in [0.25, 0.3) is 10.0 Å². The van der Waals surface area contributed by atoms with Gasteiger partial charge in [-0.05, 0) is 36.8 Å². The van der Waals surface area contributed by atoms with Gasteiger partial charge in [0.15, 0.2) is 0 Å². The lowest BCUT2D eigenvalue weighted by molar-refractivity contribution is 0.181. The Balaban J connectivity index is 2.33. The molecule has 0 atom stereocenters. The van der Waals surface area contributed by atoms with Crippen LogP contribution in [0.4, 0.5) is 10.2 Å². The fourth-order valence-corrected chi connectivity index (χ4v) is 3.08. The first-order valence-electron chi connectivity index (χ1n) is 6.16. The number of nitrogens with zero attached hydrogens (tertiary/aromatic N) is 1. The van der Waals surface area contributed by atoms with Gasteiger partial charge >= 0.3 is 0 Å². The molecule has 1 heterocycles. The van der Waals surface area contributed by atoms with Crippen molar-refractivity contribution in [2.75, 3.05) is 11.8 Å². The second-order valence-corrected chi connectivity index (χ2v) is 6.11. The SMILES string of the molecule is COCc1cccc(NS(=O)(=O)c2cc(F)ccc2C)n1. The van der Waals surface area contributed by atoms with Gasteiger partial charge in [0.2, 0.25) is 0 Å². The van der Waals surface area contributed by atoms with Crippen molar-refractivity contribution in [3.8, 4) is 0 Å². The van der Waals surface area contributed by atoms with Crippen LogP contribution in [0.1, 0.15) is 11.3 Å². The maximum absolute atomic E-state index is 13.3. The van der Waals surface area contributed by atoms with Crippen molar-refractivity contribution >= 4 is 15.8 Å². The molecule has 2 rings (SSSR count). The van der Waals surface area contributed by atoms with E-state index in [4.69, 9.17) is 4.74 Å². The van der Waals surface area contributed by atoms with E-state index >= 15 is 0 Å². The van der Waals surface area contributed by atoms with Crippen LogP contribution in [0.25, 0.3) is 0 Å². The Kier molecular flexibility index (Phi) is 4.54. The first-order valence-corrected chi connectivity index (χ1v) is 7.64. The van der Waals surface area contributed by atoms with Gasteiger partial charge in [0, 0.05) is 7.11 Å². The molecule has 0 spiro atoms. The van der Waals surface area contributed by atoms with Gasteiger partial charge in [-0.2, -0.15) is 0 Å². The fraction of sp³-hybridized carbons (Fsp3) is 0.214. The molecule has 112 valence electrons. The fourth-order valence-electron chi connectivity index (χ4n) is 1.82. The summed E-state index contributed by atoms with van der Waals surface area (Å²) in [5.74, 6) is -0.449. The van der Waals surface area contributed by atoms with E-state index in [2.05, 4.69) is 9.71 Å². The molecule has 0 radical (unpaired) electrons. The molecule has 0 saturated carbocycles. The minimum absolute atomic E-state index is 0.110. The third kappa shape index (κ3) is 3.77. The van der Waals surface area contributed by atoms with Crippen LogP contribution in [-0.4, -0.2) is 20.5 Å². The molecule has 0 aliphatic rings. The van der Waals surface area contributed by atoms with E-state index in [9.17, 15) is 12.8 Å². The molecule has 0 aliphatic carbocycles. The first-order chi connectivity index (χ1) is 9.92. The Morgan fingerprint density at radius 1 is 1.29 bits per heavy atom. The van der Waals surface area contributed by atoms with Gasteiger partial charge in [0.1, 0.15) is 11.6 Å². The van der Waals surface area contributed by atoms with Crippen molar-refractivity contribution in [3.63, 3.8) is 0 Å². The number of hydrogen-bond donors (Lipinski definition) is 1. The summed E-state index contributed by atoms with van der Waals surface area (Å²) in [6.07, 6.45) is 0. The molecule has 7 heteroatoms. The van der Waals surface area contributed by atoms with Crippen LogP contribution in [-0.2, 0) is 21.4 Å². The molecule has 2 aromatic rings. The normalized spacial score (nSPS) is 11.4. The number of pyridine rings is 1. The Morgan fingerprint density at radius 3 is 2.76 bits per heavy atom. The van der Waals surface area contributed by atoms with Crippen LogP contribution in [0.2, 0.25) is 0 Å². The van der Waals surface area contributed by atoms with Crippen LogP contribution in [0, 0.1) is 12.7 Å². The van der Waals surface area contributed by atoms with Crippen molar-refractivity contribution < 1.29 is 17.5 Å². The minimum atomic E-state index is -3.89. The summed E-state index contributed by atoms with van der Waals surface area (Å²) in [6, 6.07) is 8.51. The predicted octanol–water partition coefficient (Wildman–Crippen LogP) is 2.48. The van der Waals surface area contributed by atoms with Crippen molar-refractivity contribution in [3.05, 3.63) is 53.5 Å². The number of anilines is 1. The van der Waals surface area contributed by atoms with E-state index in [0.29, 0.717) is 11.3 Å². The van der Waals surface area contributed by atoms with Gasteiger partial charge in [-0.3, -0.25) is 4.72 Å². The van der Waals surface area contributed by atoms with E-state index in [1.54, 1.807) is 19.1 Å². The third-order valence-corrected chi connectivity index (χ3v) is 4.27. The summed E-state index contributed by atoms with van der Waals surface area (Å²) in [4.78, 5) is 4.01. The maximum atomic E-state index is 13.3. The average molecular weight is 310 g/mol. The molecule has 0 fully saturated rings. The highest BCUT2D eigenvalue weighted by Crippen LogP contribution is 2.19. The Morgan fingerprint density at radius 2 is 2.05 bits per heavy atom. The van der Waals surface area contributed by atoms with Crippen molar-refractivity contribution in [1.29, 1.82) is 0 Å². The number of aryl methyl sites for hydroxylation is 1. The topological polar surface area (TPSA) is 68.3 Å². The smallest absolute Gasteiger partial charge is 0.263 e. The van der Waals surface area contributed by atoms with E-state index in [-0.39, 0.29) is 17.3 Å². The molecular formula is C14H15FN2O3S. The number of hydrogen-bond acceptors (Lipinski definition) is 4. The molecule has 1 aromatic carbocycles. The molecule has 1 aromatic heterocycles. The number of ether oxygens (including phenoxy) is 1. The highest BCUT2D eigenvalue weighted by atomic mass is 32.2. The molecule has 5 nitrogen and oxygen atoms in total. The number of sulfonamides is 1. The number of aromatic nitrogens is 1. The van der Waals surface area contributed by atoms with Crippen molar-refractivity contribution in [1.82, 2.24) is 4.98 Å².